The fourth-order valence-electron chi connectivity index (χ4n) is 6.71. The van der Waals surface area contributed by atoms with Crippen molar-refractivity contribution in [2.75, 3.05) is 0 Å². The van der Waals surface area contributed by atoms with Crippen molar-refractivity contribution in [3.63, 3.8) is 0 Å². The van der Waals surface area contributed by atoms with Gasteiger partial charge < -0.3 is 20.6 Å². The predicted octanol–water partition coefficient (Wildman–Crippen LogP) is 8.54. The summed E-state index contributed by atoms with van der Waals surface area (Å²) in [5.74, 6) is 5.64. The molecule has 0 aliphatic heterocycles. The fraction of sp³-hybridized carbons (Fsp3) is 0.186. The summed E-state index contributed by atoms with van der Waals surface area (Å²) < 4.78 is 1.70. The number of carboxylic acids is 1. The number of aromatic carboxylic acids is 1. The Morgan fingerprint density at radius 2 is 1.29 bits per heavy atom. The molecule has 0 radical (unpaired) electrons. The molecular formula is C43H42N6O3. The molecule has 4 N–H and O–H groups in total. The van der Waals surface area contributed by atoms with Crippen molar-refractivity contribution in [2.45, 2.75) is 51.3 Å². The van der Waals surface area contributed by atoms with E-state index in [1.165, 1.54) is 0 Å². The molecule has 0 fully saturated rings. The smallest absolute Gasteiger partial charge is 0.354 e. The van der Waals surface area contributed by atoms with Crippen LogP contribution < -0.4 is 5.84 Å². The van der Waals surface area contributed by atoms with Gasteiger partial charge in [-0.1, -0.05) is 152 Å². The zero-order valence-corrected chi connectivity index (χ0v) is 29.5. The summed E-state index contributed by atoms with van der Waals surface area (Å²) in [6, 6.07) is 46.2. The van der Waals surface area contributed by atoms with E-state index in [2.05, 4.69) is 51.7 Å². The number of hydrogen-bond acceptors (Lipinski definition) is 5. The van der Waals surface area contributed by atoms with Crippen LogP contribution >= 0.6 is 0 Å². The van der Waals surface area contributed by atoms with E-state index in [1.807, 2.05) is 110 Å². The Labute approximate surface area is 303 Å². The Morgan fingerprint density at radius 3 is 1.77 bits per heavy atom. The molecule has 0 atom stereocenters. The largest absolute Gasteiger partial charge is 0.477 e. The summed E-state index contributed by atoms with van der Waals surface area (Å²) in [5, 5.41) is 29.1. The van der Waals surface area contributed by atoms with Gasteiger partial charge in [-0.3, -0.25) is 0 Å². The van der Waals surface area contributed by atoms with Gasteiger partial charge in [0.05, 0.1) is 0 Å². The Kier molecular flexibility index (Phi) is 10.5. The third-order valence-corrected chi connectivity index (χ3v) is 9.08. The van der Waals surface area contributed by atoms with Crippen LogP contribution in [0.4, 0.5) is 0 Å². The molecule has 6 aromatic rings. The van der Waals surface area contributed by atoms with Crippen molar-refractivity contribution in [1.82, 2.24) is 9.55 Å². The normalized spacial score (nSPS) is 12.3. The lowest BCUT2D eigenvalue weighted by atomic mass is 9.77. The van der Waals surface area contributed by atoms with Gasteiger partial charge in [0.2, 0.25) is 0 Å². The number of rotatable bonds is 12. The van der Waals surface area contributed by atoms with Gasteiger partial charge >= 0.3 is 5.97 Å². The van der Waals surface area contributed by atoms with Crippen LogP contribution in [0.3, 0.4) is 0 Å². The topological polar surface area (TPSA) is 138 Å². The lowest BCUT2D eigenvalue weighted by Crippen LogP contribution is -2.29. The minimum absolute atomic E-state index is 0.00268. The number of nitrogens with two attached hydrogens (primary N) is 1. The van der Waals surface area contributed by atoms with Crippen LogP contribution in [0, 0.1) is 0 Å². The highest BCUT2D eigenvalue weighted by Crippen LogP contribution is 2.42. The van der Waals surface area contributed by atoms with E-state index < -0.39 is 17.1 Å². The molecule has 0 saturated heterocycles. The molecule has 0 aliphatic carbocycles. The molecule has 9 heteroatoms. The van der Waals surface area contributed by atoms with Crippen molar-refractivity contribution in [1.29, 1.82) is 0 Å². The Balaban J connectivity index is 1.48. The van der Waals surface area contributed by atoms with Gasteiger partial charge in [-0.05, 0) is 53.6 Å². The number of hydrogen-bond donors (Lipinski definition) is 3. The number of nitrogens with zero attached hydrogens (tertiary/aromatic N) is 5. The molecule has 0 amide bonds. The SMILES string of the molecule is CCCc1nc(C(C)(C)O)c(C(=O)O)n1Cc1ccc(-c2ccccc2C(N=NN)=NC(c2ccccc2)(c2ccccc2)c2ccccc2)cc1. The van der Waals surface area contributed by atoms with Gasteiger partial charge in [-0.15, -0.1) is 5.11 Å². The van der Waals surface area contributed by atoms with Crippen LogP contribution in [-0.2, 0) is 24.1 Å². The van der Waals surface area contributed by atoms with Crippen molar-refractivity contribution in [3.8, 4) is 11.1 Å². The van der Waals surface area contributed by atoms with Gasteiger partial charge in [-0.25, -0.2) is 14.8 Å². The number of imidazole rings is 1. The highest BCUT2D eigenvalue weighted by Gasteiger charge is 2.37. The van der Waals surface area contributed by atoms with Crippen molar-refractivity contribution < 1.29 is 15.0 Å². The molecule has 0 bridgehead atoms. The van der Waals surface area contributed by atoms with Gasteiger partial charge in [0.1, 0.15) is 22.7 Å². The third kappa shape index (κ3) is 7.17. The summed E-state index contributed by atoms with van der Waals surface area (Å²) in [7, 11) is 0. The molecule has 9 nitrogen and oxygen atoms in total. The van der Waals surface area contributed by atoms with Crippen LogP contribution in [-0.4, -0.2) is 31.6 Å². The van der Waals surface area contributed by atoms with E-state index in [1.54, 1.807) is 18.4 Å². The van der Waals surface area contributed by atoms with Crippen LogP contribution in [0.25, 0.3) is 11.1 Å². The van der Waals surface area contributed by atoms with Crippen molar-refractivity contribution in [2.24, 2.45) is 21.2 Å². The number of aliphatic imine (C=N–C) groups is 1. The monoisotopic (exact) mass is 690 g/mol. The van der Waals surface area contributed by atoms with Crippen LogP contribution in [0.15, 0.2) is 155 Å². The molecule has 1 aromatic heterocycles. The standard InChI is InChI=1S/C43H42N6O3/c1-4-16-37-45-39(42(2,3)52)38(41(50)51)49(37)29-30-25-27-31(28-26-30)35-23-14-15-24-36(35)40(47-48-44)46-43(32-17-8-5-9-18-32,33-19-10-6-11-20-33)34-21-12-7-13-22-34/h5-15,17-28,52H,4,16,29H2,1-3H3,(H,50,51)(H2,44,46,47). The molecule has 1 heterocycles. The fourth-order valence-corrected chi connectivity index (χ4v) is 6.71. The molecular weight excluding hydrogens is 649 g/mol. The van der Waals surface area contributed by atoms with Gasteiger partial charge in [0, 0.05) is 18.5 Å². The summed E-state index contributed by atoms with van der Waals surface area (Å²) >= 11 is 0. The van der Waals surface area contributed by atoms with E-state index in [-0.39, 0.29) is 17.9 Å². The Hall–Kier alpha value is -6.19. The van der Waals surface area contributed by atoms with Crippen LogP contribution in [0.5, 0.6) is 0 Å². The molecule has 5 aromatic carbocycles. The first-order valence-corrected chi connectivity index (χ1v) is 17.3. The number of aryl methyl sites for hydroxylation is 1. The highest BCUT2D eigenvalue weighted by atomic mass is 16.4. The first-order valence-electron chi connectivity index (χ1n) is 17.3. The minimum atomic E-state index is -1.41. The first-order chi connectivity index (χ1) is 25.2. The maximum absolute atomic E-state index is 12.5. The van der Waals surface area contributed by atoms with E-state index in [4.69, 9.17) is 10.8 Å². The average molecular weight is 691 g/mol. The van der Waals surface area contributed by atoms with E-state index in [0.29, 0.717) is 18.1 Å². The maximum atomic E-state index is 12.5. The second-order valence-corrected chi connectivity index (χ2v) is 13.1. The zero-order valence-electron chi connectivity index (χ0n) is 29.5. The highest BCUT2D eigenvalue weighted by molar-refractivity contribution is 6.05. The third-order valence-electron chi connectivity index (χ3n) is 9.08. The van der Waals surface area contributed by atoms with E-state index in [0.717, 1.165) is 45.4 Å². The van der Waals surface area contributed by atoms with E-state index in [9.17, 15) is 15.0 Å². The lowest BCUT2D eigenvalue weighted by Gasteiger charge is -2.32. The molecule has 0 unspecified atom stereocenters. The summed E-state index contributed by atoms with van der Waals surface area (Å²) in [4.78, 5) is 22.5. The van der Waals surface area contributed by atoms with E-state index >= 15 is 0 Å². The minimum Gasteiger partial charge on any atom is -0.477 e. The zero-order chi connectivity index (χ0) is 36.7. The number of carboxylic acid groups (broad SMARTS) is 1. The van der Waals surface area contributed by atoms with Crippen molar-refractivity contribution in [3.05, 3.63) is 185 Å². The quantitative estimate of drug-likeness (QED) is 0.0295. The molecule has 52 heavy (non-hydrogen) atoms. The van der Waals surface area contributed by atoms with Crippen molar-refractivity contribution >= 4 is 11.8 Å². The lowest BCUT2D eigenvalue weighted by molar-refractivity contribution is 0.0602. The van der Waals surface area contributed by atoms with Crippen LogP contribution in [0.2, 0.25) is 0 Å². The first kappa shape index (κ1) is 35.6. The second kappa shape index (κ2) is 15.4. The summed E-state index contributed by atoms with van der Waals surface area (Å²) in [6.07, 6.45) is 1.36. The Morgan fingerprint density at radius 1 is 0.769 bits per heavy atom. The molecule has 0 aliphatic rings. The number of aromatic nitrogens is 2. The number of carbonyl (C=O) groups is 1. The van der Waals surface area contributed by atoms with Gasteiger partial charge in [-0.2, -0.15) is 0 Å². The second-order valence-electron chi connectivity index (χ2n) is 13.1. The van der Waals surface area contributed by atoms with Crippen LogP contribution in [0.1, 0.15) is 77.0 Å². The summed E-state index contributed by atoms with van der Waals surface area (Å²) in [6.45, 7) is 5.41. The molecule has 262 valence electrons. The number of amidine groups is 1. The average Bonchev–Trinajstić information content (AvgIpc) is 3.53. The molecule has 0 spiro atoms. The summed E-state index contributed by atoms with van der Waals surface area (Å²) in [5.41, 5.74) is 4.01. The maximum Gasteiger partial charge on any atom is 0.354 e. The van der Waals surface area contributed by atoms with Gasteiger partial charge in [0.15, 0.2) is 11.5 Å². The number of benzene rings is 5. The predicted molar refractivity (Wildman–Crippen MR) is 204 cm³/mol. The molecule has 6 rings (SSSR count). The number of aliphatic hydroxyl groups is 1. The van der Waals surface area contributed by atoms with Gasteiger partial charge in [0.25, 0.3) is 0 Å². The molecule has 0 saturated carbocycles. The Bertz CT molecular complexity index is 2090.